The van der Waals surface area contributed by atoms with Crippen LogP contribution in [0.1, 0.15) is 43.5 Å². The van der Waals surface area contributed by atoms with E-state index in [-0.39, 0.29) is 5.92 Å². The summed E-state index contributed by atoms with van der Waals surface area (Å²) in [6, 6.07) is 16.6. The third-order valence-corrected chi connectivity index (χ3v) is 7.66. The lowest BCUT2D eigenvalue weighted by atomic mass is 9.61. The number of ether oxygens (including phenoxy) is 1. The number of aryl methyl sites for hydroxylation is 1. The van der Waals surface area contributed by atoms with Crippen molar-refractivity contribution in [3.8, 4) is 5.75 Å². The van der Waals surface area contributed by atoms with Crippen LogP contribution in [-0.2, 0) is 6.42 Å². The Morgan fingerprint density at radius 2 is 2.00 bits per heavy atom. The van der Waals surface area contributed by atoms with E-state index < -0.39 is 5.60 Å². The van der Waals surface area contributed by atoms with Crippen molar-refractivity contribution in [2.45, 2.75) is 44.1 Å². The first-order chi connectivity index (χ1) is 16.0. The van der Waals surface area contributed by atoms with Gasteiger partial charge in [0.25, 0.3) is 0 Å². The number of aromatic nitrogens is 2. The molecular weight excluding hydrogens is 410 g/mol. The Morgan fingerprint density at radius 3 is 2.76 bits per heavy atom. The maximum atomic E-state index is 11.5. The molecule has 1 saturated carbocycles. The zero-order chi connectivity index (χ0) is 22.8. The first-order valence-corrected chi connectivity index (χ1v) is 12.2. The molecule has 1 fully saturated rings. The number of nitrogens with zero attached hydrogens (tertiary/aromatic N) is 2. The van der Waals surface area contributed by atoms with Gasteiger partial charge in [-0.05, 0) is 74.9 Å². The Bertz CT molecular complexity index is 1120. The molecule has 1 heterocycles. The number of H-pyrrole nitrogens is 1. The lowest BCUT2D eigenvalue weighted by Crippen LogP contribution is -2.48. The van der Waals surface area contributed by atoms with Crippen molar-refractivity contribution in [1.29, 1.82) is 0 Å². The average molecular weight is 446 g/mol. The van der Waals surface area contributed by atoms with Crippen LogP contribution in [0.2, 0.25) is 0 Å². The van der Waals surface area contributed by atoms with Crippen LogP contribution < -0.4 is 4.74 Å². The molecule has 3 aliphatic carbocycles. The summed E-state index contributed by atoms with van der Waals surface area (Å²) in [4.78, 5) is 10.5. The smallest absolute Gasteiger partial charge is 0.121 e. The Balaban J connectivity index is 1.12. The molecule has 3 aliphatic rings. The average Bonchev–Trinajstić information content (AvgIpc) is 3.25. The molecule has 174 valence electrons. The first-order valence-electron chi connectivity index (χ1n) is 12.2. The Labute approximate surface area is 196 Å². The van der Waals surface area contributed by atoms with Crippen molar-refractivity contribution in [1.82, 2.24) is 14.9 Å². The fraction of sp³-hybridized carbons (Fsp3) is 0.464. The Hall–Kier alpha value is -2.63. The molecule has 0 amide bonds. The van der Waals surface area contributed by atoms with Crippen molar-refractivity contribution in [2.75, 3.05) is 27.2 Å². The van der Waals surface area contributed by atoms with E-state index in [1.807, 2.05) is 18.2 Å². The molecule has 5 heteroatoms. The van der Waals surface area contributed by atoms with Crippen molar-refractivity contribution < 1.29 is 9.84 Å². The quantitative estimate of drug-likeness (QED) is 0.483. The summed E-state index contributed by atoms with van der Waals surface area (Å²) >= 11 is 0. The van der Waals surface area contributed by atoms with Gasteiger partial charge in [0.15, 0.2) is 0 Å². The maximum absolute atomic E-state index is 11.5. The zero-order valence-electron chi connectivity index (χ0n) is 19.8. The van der Waals surface area contributed by atoms with Gasteiger partial charge in [-0.2, -0.15) is 0 Å². The van der Waals surface area contributed by atoms with Gasteiger partial charge in [-0.1, -0.05) is 36.4 Å². The van der Waals surface area contributed by atoms with Crippen LogP contribution in [0.4, 0.5) is 0 Å². The van der Waals surface area contributed by atoms with Crippen LogP contribution >= 0.6 is 0 Å². The van der Waals surface area contributed by atoms with Gasteiger partial charge in [-0.25, -0.2) is 4.98 Å². The summed E-state index contributed by atoms with van der Waals surface area (Å²) in [5.41, 5.74) is 4.23. The molecule has 3 aromatic rings. The van der Waals surface area contributed by atoms with Gasteiger partial charge in [0.1, 0.15) is 11.6 Å². The Morgan fingerprint density at radius 1 is 1.15 bits per heavy atom. The molecular formula is C28H35N3O2. The minimum Gasteiger partial charge on any atom is -0.497 e. The number of imidazole rings is 1. The topological polar surface area (TPSA) is 61.4 Å². The molecule has 1 aromatic heterocycles. The number of aliphatic hydroxyl groups is 1. The number of methoxy groups -OCH3 is 1. The molecule has 3 atom stereocenters. The molecule has 5 nitrogen and oxygen atoms in total. The van der Waals surface area contributed by atoms with Crippen LogP contribution in [0.15, 0.2) is 54.6 Å². The SMILES string of the molecule is COc1ccc2nc(CCCN(C)CC[C@]3(O)C[C@H]4CC[C@@H]3C=C4c3ccccc3)[nH]c2c1. The molecule has 0 aliphatic heterocycles. The Kier molecular flexibility index (Phi) is 6.26. The molecule has 2 aromatic carbocycles. The van der Waals surface area contributed by atoms with Gasteiger partial charge in [-0.3, -0.25) is 0 Å². The van der Waals surface area contributed by atoms with E-state index in [2.05, 4.69) is 53.3 Å². The highest BCUT2D eigenvalue weighted by molar-refractivity contribution is 5.76. The van der Waals surface area contributed by atoms with Crippen LogP contribution in [0.5, 0.6) is 5.75 Å². The number of fused-ring (bicyclic) bond motifs is 3. The third-order valence-electron chi connectivity index (χ3n) is 7.66. The van der Waals surface area contributed by atoms with Gasteiger partial charge < -0.3 is 19.7 Å². The number of rotatable bonds is 9. The van der Waals surface area contributed by atoms with E-state index in [9.17, 15) is 5.11 Å². The summed E-state index contributed by atoms with van der Waals surface area (Å²) < 4.78 is 5.30. The maximum Gasteiger partial charge on any atom is 0.121 e. The molecule has 2 N–H and O–H groups in total. The lowest BCUT2D eigenvalue weighted by Gasteiger charge is -2.48. The summed E-state index contributed by atoms with van der Waals surface area (Å²) in [7, 11) is 3.85. The van der Waals surface area contributed by atoms with Crippen molar-refractivity contribution in [3.63, 3.8) is 0 Å². The van der Waals surface area contributed by atoms with E-state index in [1.54, 1.807) is 7.11 Å². The second kappa shape index (κ2) is 9.32. The third kappa shape index (κ3) is 4.71. The molecule has 0 radical (unpaired) electrons. The predicted octanol–water partition coefficient (Wildman–Crippen LogP) is 5.07. The highest BCUT2D eigenvalue weighted by Crippen LogP contribution is 2.51. The van der Waals surface area contributed by atoms with Crippen molar-refractivity contribution >= 4 is 16.6 Å². The van der Waals surface area contributed by atoms with Gasteiger partial charge in [0, 0.05) is 24.9 Å². The summed E-state index contributed by atoms with van der Waals surface area (Å²) in [6.07, 6.45) is 8.38. The number of nitrogens with one attached hydrogen (secondary N) is 1. The standard InChI is InChI=1S/C28H35N3O2/c1-31(15-6-9-27-29-25-13-12-23(33-2)18-26(25)30-27)16-14-28(32)19-21-10-11-22(28)17-24(21)20-7-4-3-5-8-20/h3-5,7-8,12-13,17-18,21-22,32H,6,9-11,14-16,19H2,1-2H3,(H,29,30)/t21-,22-,28+/m1/s1. The minimum absolute atomic E-state index is 0.277. The largest absolute Gasteiger partial charge is 0.497 e. The van der Waals surface area contributed by atoms with Crippen LogP contribution in [0.25, 0.3) is 16.6 Å². The lowest BCUT2D eigenvalue weighted by molar-refractivity contribution is -0.0574. The molecule has 0 unspecified atom stereocenters. The molecule has 33 heavy (non-hydrogen) atoms. The van der Waals surface area contributed by atoms with E-state index in [0.29, 0.717) is 5.92 Å². The highest BCUT2D eigenvalue weighted by atomic mass is 16.5. The predicted molar refractivity (Wildman–Crippen MR) is 133 cm³/mol. The van der Waals surface area contributed by atoms with Gasteiger partial charge in [0.05, 0.1) is 23.7 Å². The van der Waals surface area contributed by atoms with E-state index in [1.165, 1.54) is 17.6 Å². The number of allylic oxidation sites excluding steroid dienone is 1. The second-order valence-corrected chi connectivity index (χ2v) is 9.90. The van der Waals surface area contributed by atoms with Gasteiger partial charge >= 0.3 is 0 Å². The summed E-state index contributed by atoms with van der Waals surface area (Å²) in [5, 5.41) is 11.5. The first kappa shape index (κ1) is 22.2. The fourth-order valence-electron chi connectivity index (χ4n) is 5.74. The molecule has 2 bridgehead atoms. The van der Waals surface area contributed by atoms with Crippen molar-refractivity contribution in [3.05, 3.63) is 66.0 Å². The van der Waals surface area contributed by atoms with Crippen LogP contribution in [-0.4, -0.2) is 52.8 Å². The molecule has 0 saturated heterocycles. The van der Waals surface area contributed by atoms with E-state index in [0.717, 1.165) is 67.8 Å². The number of benzene rings is 2. The van der Waals surface area contributed by atoms with Crippen LogP contribution in [0.3, 0.4) is 0 Å². The highest BCUT2D eigenvalue weighted by Gasteiger charge is 2.46. The minimum atomic E-state index is -0.562. The summed E-state index contributed by atoms with van der Waals surface area (Å²) in [5.74, 6) is 2.63. The fourth-order valence-corrected chi connectivity index (χ4v) is 5.74. The number of hydrogen-bond acceptors (Lipinski definition) is 4. The zero-order valence-corrected chi connectivity index (χ0v) is 19.8. The number of aromatic amines is 1. The van der Waals surface area contributed by atoms with Gasteiger partial charge in [0.2, 0.25) is 0 Å². The molecule has 0 spiro atoms. The van der Waals surface area contributed by atoms with Crippen LogP contribution in [0, 0.1) is 11.8 Å². The molecule has 6 rings (SSSR count). The second-order valence-electron chi connectivity index (χ2n) is 9.90. The van der Waals surface area contributed by atoms with E-state index >= 15 is 0 Å². The van der Waals surface area contributed by atoms with E-state index in [4.69, 9.17) is 9.72 Å². The normalized spacial score (nSPS) is 24.4. The summed E-state index contributed by atoms with van der Waals surface area (Å²) in [6.45, 7) is 1.92. The van der Waals surface area contributed by atoms with Gasteiger partial charge in [-0.15, -0.1) is 0 Å². The number of hydrogen-bond donors (Lipinski definition) is 2. The monoisotopic (exact) mass is 445 g/mol. The van der Waals surface area contributed by atoms with Crippen molar-refractivity contribution in [2.24, 2.45) is 11.8 Å².